The third-order valence-electron chi connectivity index (χ3n) is 2.14. The average molecular weight is 314 g/mol. The summed E-state index contributed by atoms with van der Waals surface area (Å²) >= 11 is 22.8. The van der Waals surface area contributed by atoms with Crippen LogP contribution in [0.2, 0.25) is 5.02 Å². The number of benzene rings is 1. The molecule has 0 saturated carbocycles. The predicted molar refractivity (Wildman–Crippen MR) is 71.0 cm³/mol. The standard InChI is InChI=1S/C11H8Cl4O2/c12-7-3-1-6(2-4-7)8(5-9(16)17)10(13)11(14)15/h1-4,8H,5H2,(H,16,17). The number of allylic oxidation sites excluding steroid dienone is 1. The number of aliphatic carboxylic acids is 1. The molecule has 0 aliphatic rings. The average Bonchev–Trinajstić information content (AvgIpc) is 2.26. The zero-order valence-electron chi connectivity index (χ0n) is 8.46. The number of rotatable bonds is 4. The Hall–Kier alpha value is -0.410. The lowest BCUT2D eigenvalue weighted by molar-refractivity contribution is -0.137. The highest BCUT2D eigenvalue weighted by atomic mass is 35.5. The summed E-state index contributed by atoms with van der Waals surface area (Å²) in [6.45, 7) is 0. The molecular weight excluding hydrogens is 306 g/mol. The molecule has 0 bridgehead atoms. The Labute approximate surface area is 119 Å². The molecule has 1 unspecified atom stereocenters. The number of carbonyl (C=O) groups is 1. The number of carboxylic acids is 1. The third kappa shape index (κ3) is 4.40. The smallest absolute Gasteiger partial charge is 0.304 e. The van der Waals surface area contributed by atoms with Crippen LogP contribution in [0, 0.1) is 0 Å². The molecule has 17 heavy (non-hydrogen) atoms. The maximum Gasteiger partial charge on any atom is 0.304 e. The van der Waals surface area contributed by atoms with Crippen molar-refractivity contribution in [1.82, 2.24) is 0 Å². The molecule has 0 aromatic heterocycles. The molecule has 92 valence electrons. The van der Waals surface area contributed by atoms with Crippen molar-refractivity contribution in [2.45, 2.75) is 12.3 Å². The van der Waals surface area contributed by atoms with E-state index in [2.05, 4.69) is 0 Å². The lowest BCUT2D eigenvalue weighted by atomic mass is 9.96. The molecule has 1 N–H and O–H groups in total. The van der Waals surface area contributed by atoms with Gasteiger partial charge in [-0.05, 0) is 17.7 Å². The molecule has 1 rings (SSSR count). The fourth-order valence-corrected chi connectivity index (χ4v) is 1.95. The van der Waals surface area contributed by atoms with Crippen molar-refractivity contribution < 1.29 is 9.90 Å². The van der Waals surface area contributed by atoms with Gasteiger partial charge in [-0.1, -0.05) is 58.5 Å². The summed E-state index contributed by atoms with van der Waals surface area (Å²) in [5.41, 5.74) is 0.695. The summed E-state index contributed by atoms with van der Waals surface area (Å²) in [5.74, 6) is -1.56. The maximum absolute atomic E-state index is 10.8. The molecule has 1 aromatic carbocycles. The van der Waals surface area contributed by atoms with Crippen LogP contribution < -0.4 is 0 Å². The van der Waals surface area contributed by atoms with Gasteiger partial charge in [0.15, 0.2) is 0 Å². The van der Waals surface area contributed by atoms with Crippen molar-refractivity contribution in [2.75, 3.05) is 0 Å². The van der Waals surface area contributed by atoms with E-state index >= 15 is 0 Å². The first kappa shape index (κ1) is 14.7. The zero-order valence-corrected chi connectivity index (χ0v) is 11.5. The predicted octanol–water partition coefficient (Wildman–Crippen LogP) is 4.78. The van der Waals surface area contributed by atoms with Gasteiger partial charge in [0.2, 0.25) is 0 Å². The molecule has 6 heteroatoms. The van der Waals surface area contributed by atoms with Crippen LogP contribution in [0.3, 0.4) is 0 Å². The monoisotopic (exact) mass is 312 g/mol. The Morgan fingerprint density at radius 1 is 1.18 bits per heavy atom. The first-order chi connectivity index (χ1) is 7.91. The van der Waals surface area contributed by atoms with Gasteiger partial charge in [-0.3, -0.25) is 4.79 Å². The van der Waals surface area contributed by atoms with E-state index < -0.39 is 11.9 Å². The minimum atomic E-state index is -0.988. The molecule has 1 aromatic rings. The van der Waals surface area contributed by atoms with E-state index in [0.29, 0.717) is 10.6 Å². The summed E-state index contributed by atoms with van der Waals surface area (Å²) < 4.78 is -0.132. The summed E-state index contributed by atoms with van der Waals surface area (Å²) in [7, 11) is 0. The van der Waals surface area contributed by atoms with E-state index in [4.69, 9.17) is 51.5 Å². The Morgan fingerprint density at radius 2 is 1.71 bits per heavy atom. The minimum Gasteiger partial charge on any atom is -0.481 e. The molecule has 1 atom stereocenters. The highest BCUT2D eigenvalue weighted by Crippen LogP contribution is 2.35. The van der Waals surface area contributed by atoms with Crippen LogP contribution in [0.25, 0.3) is 0 Å². The summed E-state index contributed by atoms with van der Waals surface area (Å²) in [6, 6.07) is 6.68. The van der Waals surface area contributed by atoms with E-state index in [9.17, 15) is 4.79 Å². The van der Waals surface area contributed by atoms with Crippen molar-refractivity contribution in [3.63, 3.8) is 0 Å². The lowest BCUT2D eigenvalue weighted by Gasteiger charge is -2.14. The molecular formula is C11H8Cl4O2. The molecule has 2 nitrogen and oxygen atoms in total. The fourth-order valence-electron chi connectivity index (χ4n) is 1.36. The van der Waals surface area contributed by atoms with Crippen molar-refractivity contribution in [1.29, 1.82) is 0 Å². The molecule has 0 spiro atoms. The van der Waals surface area contributed by atoms with Crippen molar-refractivity contribution in [3.8, 4) is 0 Å². The molecule has 0 fully saturated rings. The molecule has 0 amide bonds. The van der Waals surface area contributed by atoms with Gasteiger partial charge in [0.1, 0.15) is 4.49 Å². The quantitative estimate of drug-likeness (QED) is 0.868. The van der Waals surface area contributed by atoms with Gasteiger partial charge in [0.05, 0.1) is 11.5 Å². The second-order valence-electron chi connectivity index (χ2n) is 3.31. The topological polar surface area (TPSA) is 37.3 Å². The van der Waals surface area contributed by atoms with E-state index in [0.717, 1.165) is 0 Å². The lowest BCUT2D eigenvalue weighted by Crippen LogP contribution is -2.07. The minimum absolute atomic E-state index is 0.109. The van der Waals surface area contributed by atoms with E-state index in [1.807, 2.05) is 0 Å². The molecule has 0 aliphatic heterocycles. The highest BCUT2D eigenvalue weighted by Gasteiger charge is 2.21. The van der Waals surface area contributed by atoms with Crippen LogP contribution in [-0.4, -0.2) is 11.1 Å². The van der Waals surface area contributed by atoms with E-state index in [1.165, 1.54) is 0 Å². The van der Waals surface area contributed by atoms with Crippen molar-refractivity contribution in [2.24, 2.45) is 0 Å². The summed E-state index contributed by atoms with van der Waals surface area (Å²) in [4.78, 5) is 10.8. The molecule has 0 aliphatic carbocycles. The Kier molecular flexibility index (Phi) is 5.60. The normalized spacial score (nSPS) is 12.0. The van der Waals surface area contributed by atoms with Crippen molar-refractivity contribution in [3.05, 3.63) is 44.4 Å². The largest absolute Gasteiger partial charge is 0.481 e. The maximum atomic E-state index is 10.8. The van der Waals surface area contributed by atoms with Gasteiger partial charge >= 0.3 is 5.97 Å². The van der Waals surface area contributed by atoms with Gasteiger partial charge < -0.3 is 5.11 Å². The van der Waals surface area contributed by atoms with Crippen LogP contribution in [0.5, 0.6) is 0 Å². The van der Waals surface area contributed by atoms with Gasteiger partial charge in [-0.15, -0.1) is 0 Å². The SMILES string of the molecule is O=C(O)CC(C(Cl)=C(Cl)Cl)c1ccc(Cl)cc1. The Balaban J connectivity index is 3.10. The molecule has 0 saturated heterocycles. The van der Waals surface area contributed by atoms with Gasteiger partial charge in [0.25, 0.3) is 0 Å². The number of carboxylic acid groups (broad SMARTS) is 1. The van der Waals surface area contributed by atoms with Gasteiger partial charge in [0, 0.05) is 10.9 Å². The fraction of sp³-hybridized carbons (Fsp3) is 0.182. The van der Waals surface area contributed by atoms with Crippen LogP contribution in [0.4, 0.5) is 0 Å². The molecule has 0 radical (unpaired) electrons. The number of hydrogen-bond donors (Lipinski definition) is 1. The first-order valence-electron chi connectivity index (χ1n) is 4.59. The van der Waals surface area contributed by atoms with Crippen LogP contribution >= 0.6 is 46.4 Å². The summed E-state index contributed by atoms with van der Waals surface area (Å²) in [5, 5.41) is 9.50. The Bertz CT molecular complexity index is 435. The van der Waals surface area contributed by atoms with E-state index in [-0.39, 0.29) is 15.9 Å². The van der Waals surface area contributed by atoms with Crippen LogP contribution in [0.1, 0.15) is 17.9 Å². The van der Waals surface area contributed by atoms with Crippen LogP contribution in [-0.2, 0) is 4.79 Å². The number of hydrogen-bond acceptors (Lipinski definition) is 1. The second kappa shape index (κ2) is 6.50. The van der Waals surface area contributed by atoms with Crippen LogP contribution in [0.15, 0.2) is 33.8 Å². The summed E-state index contributed by atoms with van der Waals surface area (Å²) in [6.07, 6.45) is -0.191. The first-order valence-corrected chi connectivity index (χ1v) is 6.11. The molecule has 0 heterocycles. The highest BCUT2D eigenvalue weighted by molar-refractivity contribution is 6.59. The van der Waals surface area contributed by atoms with Gasteiger partial charge in [-0.2, -0.15) is 0 Å². The number of halogens is 4. The van der Waals surface area contributed by atoms with E-state index in [1.54, 1.807) is 24.3 Å². The Morgan fingerprint density at radius 3 is 2.12 bits per heavy atom. The van der Waals surface area contributed by atoms with Gasteiger partial charge in [-0.25, -0.2) is 0 Å². The zero-order chi connectivity index (χ0) is 13.0. The second-order valence-corrected chi connectivity index (χ2v) is 5.10. The third-order valence-corrected chi connectivity index (χ3v) is 3.44. The van der Waals surface area contributed by atoms with Crippen molar-refractivity contribution >= 4 is 52.4 Å².